The maximum Gasteiger partial charge on any atom is 0.319 e. The van der Waals surface area contributed by atoms with Crippen LogP contribution in [0.1, 0.15) is 11.6 Å². The maximum absolute atomic E-state index is 12.6. The fraction of sp³-hybridized carbons (Fsp3) is 0.333. The zero-order valence-corrected chi connectivity index (χ0v) is 12.2. The molecule has 0 radical (unpaired) electrons. The lowest BCUT2D eigenvalue weighted by Gasteiger charge is -2.25. The van der Waals surface area contributed by atoms with Crippen LogP contribution in [0.15, 0.2) is 29.5 Å². The van der Waals surface area contributed by atoms with Gasteiger partial charge >= 0.3 is 6.03 Å². The molecule has 4 rings (SSSR count). The number of hydrogen-bond donors (Lipinski definition) is 3. The van der Waals surface area contributed by atoms with E-state index in [2.05, 4.69) is 10.6 Å². The third-order valence-electron chi connectivity index (χ3n) is 4.12. The second-order valence-corrected chi connectivity index (χ2v) is 5.49. The Labute approximate surface area is 131 Å². The molecule has 23 heavy (non-hydrogen) atoms. The van der Waals surface area contributed by atoms with Crippen molar-refractivity contribution in [2.24, 2.45) is 0 Å². The summed E-state index contributed by atoms with van der Waals surface area (Å²) in [5, 5.41) is 14.5. The Morgan fingerprint density at radius 1 is 1.26 bits per heavy atom. The van der Waals surface area contributed by atoms with E-state index in [1.165, 1.54) is 4.90 Å². The molecule has 0 unspecified atom stereocenters. The second kappa shape index (κ2) is 5.17. The number of amides is 3. The highest BCUT2D eigenvalue weighted by atomic mass is 16.7. The van der Waals surface area contributed by atoms with Crippen molar-refractivity contribution in [3.63, 3.8) is 0 Å². The van der Waals surface area contributed by atoms with Gasteiger partial charge in [-0.1, -0.05) is 6.07 Å². The fourth-order valence-corrected chi connectivity index (χ4v) is 3.07. The molecular weight excluding hydrogens is 302 g/mol. The molecule has 8 heteroatoms. The van der Waals surface area contributed by atoms with Crippen LogP contribution in [0.2, 0.25) is 0 Å². The summed E-state index contributed by atoms with van der Waals surface area (Å²) >= 11 is 0. The molecule has 0 bridgehead atoms. The molecule has 3 aliphatic rings. The van der Waals surface area contributed by atoms with Gasteiger partial charge in [0, 0.05) is 6.54 Å². The predicted molar refractivity (Wildman–Crippen MR) is 77.7 cm³/mol. The molecule has 0 spiro atoms. The minimum absolute atomic E-state index is 0.123. The number of aliphatic hydroxyl groups is 1. The van der Waals surface area contributed by atoms with Crippen molar-refractivity contribution < 1.29 is 24.2 Å². The van der Waals surface area contributed by atoms with Gasteiger partial charge in [0.05, 0.1) is 30.5 Å². The van der Waals surface area contributed by atoms with E-state index < -0.39 is 6.04 Å². The normalized spacial score (nSPS) is 22.1. The monoisotopic (exact) mass is 317 g/mol. The molecule has 3 amide bonds. The lowest BCUT2D eigenvalue weighted by molar-refractivity contribution is -0.126. The number of rotatable bonds is 3. The second-order valence-electron chi connectivity index (χ2n) is 5.49. The summed E-state index contributed by atoms with van der Waals surface area (Å²) in [4.78, 5) is 26.0. The van der Waals surface area contributed by atoms with Gasteiger partial charge in [-0.05, 0) is 17.7 Å². The topological polar surface area (TPSA) is 100 Å². The number of nitrogens with zero attached hydrogens (tertiary/aromatic N) is 1. The van der Waals surface area contributed by atoms with Crippen molar-refractivity contribution in [1.82, 2.24) is 15.5 Å². The van der Waals surface area contributed by atoms with Gasteiger partial charge in [-0.2, -0.15) is 0 Å². The molecule has 0 aromatic heterocycles. The number of benzene rings is 1. The number of urea groups is 1. The summed E-state index contributed by atoms with van der Waals surface area (Å²) in [7, 11) is 0. The molecule has 120 valence electrons. The Kier molecular flexibility index (Phi) is 3.12. The molecule has 3 heterocycles. The zero-order chi connectivity index (χ0) is 16.0. The van der Waals surface area contributed by atoms with E-state index in [1.807, 2.05) is 0 Å². The summed E-state index contributed by atoms with van der Waals surface area (Å²) in [5.74, 6) is 1.04. The summed E-state index contributed by atoms with van der Waals surface area (Å²) in [5.41, 5.74) is 1.82. The molecular formula is C15H15N3O5. The van der Waals surface area contributed by atoms with Gasteiger partial charge in [0.2, 0.25) is 6.79 Å². The standard InChI is InChI=1S/C15H15N3O5/c19-4-3-18-6-9-12(14(18)20)13(17-15(21)16-9)8-1-2-10-11(5-8)23-7-22-10/h1-2,5,13,19H,3-4,6-7H2,(H2,16,17,21)/t13-/m0/s1. The highest BCUT2D eigenvalue weighted by molar-refractivity contribution is 6.01. The van der Waals surface area contributed by atoms with E-state index in [0.29, 0.717) is 29.3 Å². The molecule has 0 saturated carbocycles. The Balaban J connectivity index is 1.71. The summed E-state index contributed by atoms with van der Waals surface area (Å²) in [6, 6.07) is 4.42. The molecule has 3 N–H and O–H groups in total. The van der Waals surface area contributed by atoms with E-state index in [-0.39, 0.29) is 31.9 Å². The van der Waals surface area contributed by atoms with Gasteiger partial charge in [0.1, 0.15) is 0 Å². The maximum atomic E-state index is 12.6. The lowest BCUT2D eigenvalue weighted by Crippen LogP contribution is -2.44. The minimum atomic E-state index is -0.551. The van der Waals surface area contributed by atoms with Gasteiger partial charge in [0.15, 0.2) is 11.5 Å². The van der Waals surface area contributed by atoms with Gasteiger partial charge in [-0.25, -0.2) is 4.79 Å². The molecule has 0 saturated heterocycles. The minimum Gasteiger partial charge on any atom is -0.454 e. The first-order chi connectivity index (χ1) is 11.2. The number of carbonyl (C=O) groups excluding carboxylic acids is 2. The van der Waals surface area contributed by atoms with E-state index in [4.69, 9.17) is 14.6 Å². The van der Waals surface area contributed by atoms with Crippen LogP contribution in [0, 0.1) is 0 Å². The highest BCUT2D eigenvalue weighted by Crippen LogP contribution is 2.38. The quantitative estimate of drug-likeness (QED) is 0.720. The van der Waals surface area contributed by atoms with Crippen molar-refractivity contribution in [3.05, 3.63) is 35.0 Å². The van der Waals surface area contributed by atoms with Crippen LogP contribution in [0.3, 0.4) is 0 Å². The van der Waals surface area contributed by atoms with E-state index in [9.17, 15) is 9.59 Å². The van der Waals surface area contributed by atoms with Crippen molar-refractivity contribution >= 4 is 11.9 Å². The first kappa shape index (κ1) is 13.9. The van der Waals surface area contributed by atoms with Gasteiger partial charge in [0.25, 0.3) is 5.91 Å². The number of ether oxygens (including phenoxy) is 2. The van der Waals surface area contributed by atoms with Crippen molar-refractivity contribution in [2.45, 2.75) is 6.04 Å². The Morgan fingerprint density at radius 2 is 2.09 bits per heavy atom. The van der Waals surface area contributed by atoms with Crippen LogP contribution in [0.5, 0.6) is 11.5 Å². The van der Waals surface area contributed by atoms with Crippen molar-refractivity contribution in [1.29, 1.82) is 0 Å². The van der Waals surface area contributed by atoms with E-state index in [1.54, 1.807) is 18.2 Å². The molecule has 0 fully saturated rings. The first-order valence-electron chi connectivity index (χ1n) is 7.27. The van der Waals surface area contributed by atoms with E-state index in [0.717, 1.165) is 5.56 Å². The van der Waals surface area contributed by atoms with Crippen LogP contribution < -0.4 is 20.1 Å². The Hall–Kier alpha value is -2.74. The number of β-amino-alcohol motifs (C(OH)–C–C–N with tert-alkyl or cyclic N) is 1. The van der Waals surface area contributed by atoms with Crippen LogP contribution in [-0.2, 0) is 4.79 Å². The molecule has 1 aromatic carbocycles. The zero-order valence-electron chi connectivity index (χ0n) is 12.2. The summed E-state index contributed by atoms with van der Waals surface area (Å²) < 4.78 is 10.6. The van der Waals surface area contributed by atoms with Crippen LogP contribution >= 0.6 is 0 Å². The van der Waals surface area contributed by atoms with Gasteiger partial charge in [-0.15, -0.1) is 0 Å². The number of carbonyl (C=O) groups is 2. The van der Waals surface area contributed by atoms with Crippen molar-refractivity contribution in [2.75, 3.05) is 26.5 Å². The average molecular weight is 317 g/mol. The number of hydrogen-bond acceptors (Lipinski definition) is 5. The molecule has 1 atom stereocenters. The third-order valence-corrected chi connectivity index (χ3v) is 4.12. The summed E-state index contributed by atoms with van der Waals surface area (Å²) in [6.45, 7) is 0.565. The van der Waals surface area contributed by atoms with Gasteiger partial charge < -0.3 is 30.1 Å². The van der Waals surface area contributed by atoms with Crippen LogP contribution in [0.25, 0.3) is 0 Å². The molecule has 8 nitrogen and oxygen atoms in total. The first-order valence-corrected chi connectivity index (χ1v) is 7.27. The predicted octanol–water partition coefficient (Wildman–Crippen LogP) is -0.142. The van der Waals surface area contributed by atoms with Crippen LogP contribution in [0.4, 0.5) is 4.79 Å². The SMILES string of the molecule is O=C1NC2=C(C(=O)N(CCO)C2)[C@H](c2ccc3c(c2)OCO3)N1. The number of fused-ring (bicyclic) bond motifs is 1. The summed E-state index contributed by atoms with van der Waals surface area (Å²) in [6.07, 6.45) is 0. The fourth-order valence-electron chi connectivity index (χ4n) is 3.07. The number of nitrogens with one attached hydrogen (secondary N) is 2. The Bertz CT molecular complexity index is 730. The lowest BCUT2D eigenvalue weighted by atomic mass is 9.96. The number of aliphatic hydroxyl groups excluding tert-OH is 1. The third kappa shape index (κ3) is 2.18. The molecule has 1 aromatic rings. The Morgan fingerprint density at radius 3 is 2.91 bits per heavy atom. The van der Waals surface area contributed by atoms with Crippen molar-refractivity contribution in [3.8, 4) is 11.5 Å². The average Bonchev–Trinajstić information content (AvgIpc) is 3.11. The largest absolute Gasteiger partial charge is 0.454 e. The smallest absolute Gasteiger partial charge is 0.319 e. The molecule has 3 aliphatic heterocycles. The highest BCUT2D eigenvalue weighted by Gasteiger charge is 2.40. The van der Waals surface area contributed by atoms with E-state index >= 15 is 0 Å². The molecule has 0 aliphatic carbocycles. The van der Waals surface area contributed by atoms with Crippen LogP contribution in [-0.4, -0.2) is 48.4 Å². The van der Waals surface area contributed by atoms with Gasteiger partial charge in [-0.3, -0.25) is 4.79 Å².